The zero-order valence-corrected chi connectivity index (χ0v) is 10.4. The molecule has 2 heterocycles. The molecule has 0 atom stereocenters. The fraction of sp³-hybridized carbons (Fsp3) is 0.0769. The Morgan fingerprint density at radius 2 is 2.25 bits per heavy atom. The highest BCUT2D eigenvalue weighted by Gasteiger charge is 2.16. The summed E-state index contributed by atoms with van der Waals surface area (Å²) in [5.74, 6) is 0.838. The van der Waals surface area contributed by atoms with Crippen LogP contribution in [0.4, 0.5) is 11.5 Å². The predicted molar refractivity (Wildman–Crippen MR) is 72.1 cm³/mol. The number of anilines is 1. The number of nitrogens with zero attached hydrogens (tertiary/aromatic N) is 3. The fourth-order valence-corrected chi connectivity index (χ4v) is 1.97. The highest BCUT2D eigenvalue weighted by atomic mass is 16.5. The third-order valence-corrected chi connectivity index (χ3v) is 2.88. The molecule has 7 nitrogen and oxygen atoms in total. The Morgan fingerprint density at radius 1 is 1.35 bits per heavy atom. The van der Waals surface area contributed by atoms with E-state index in [1.165, 1.54) is 6.33 Å². The van der Waals surface area contributed by atoms with E-state index in [-0.39, 0.29) is 0 Å². The summed E-state index contributed by atoms with van der Waals surface area (Å²) in [6, 6.07) is 6.76. The first kappa shape index (κ1) is 12.2. The number of rotatable bonds is 2. The number of nitrogens with one attached hydrogen (secondary N) is 2. The molecule has 100 valence electrons. The van der Waals surface area contributed by atoms with Crippen molar-refractivity contribution in [3.63, 3.8) is 0 Å². The largest absolute Gasteiger partial charge is 0.343 e. The standard InChI is InChI=1S/C13H11N5O2/c19-13(18-20)8-2-1-3-10(4-8)16-11-5-9-6-14-7-15-12(9)17-11/h1-4,6-7,20H,5H2,(H,18,19)(H,14,15,16,17). The minimum atomic E-state index is -0.559. The molecule has 1 amide bonds. The molecule has 0 saturated heterocycles. The van der Waals surface area contributed by atoms with E-state index >= 15 is 0 Å². The number of carbonyl (C=O) groups excluding carboxylic acids is 1. The molecular formula is C13H11N5O2. The van der Waals surface area contributed by atoms with Crippen molar-refractivity contribution in [1.29, 1.82) is 0 Å². The quantitative estimate of drug-likeness (QED) is 0.563. The van der Waals surface area contributed by atoms with Crippen molar-refractivity contribution in [3.05, 3.63) is 47.9 Å². The summed E-state index contributed by atoms with van der Waals surface area (Å²) in [6.45, 7) is 0. The summed E-state index contributed by atoms with van der Waals surface area (Å²) in [5, 5.41) is 11.8. The van der Waals surface area contributed by atoms with Crippen molar-refractivity contribution in [2.24, 2.45) is 4.99 Å². The van der Waals surface area contributed by atoms with Crippen molar-refractivity contribution in [2.75, 3.05) is 5.32 Å². The van der Waals surface area contributed by atoms with Crippen LogP contribution in [0.2, 0.25) is 0 Å². The van der Waals surface area contributed by atoms with Gasteiger partial charge in [0.15, 0.2) is 5.82 Å². The van der Waals surface area contributed by atoms with Crippen molar-refractivity contribution in [3.8, 4) is 0 Å². The topological polar surface area (TPSA) is 99.5 Å². The summed E-state index contributed by atoms with van der Waals surface area (Å²) in [5.41, 5.74) is 3.63. The molecule has 0 fully saturated rings. The minimum Gasteiger partial charge on any atom is -0.343 e. The number of hydrogen-bond acceptors (Lipinski definition) is 6. The predicted octanol–water partition coefficient (Wildman–Crippen LogP) is 1.29. The van der Waals surface area contributed by atoms with Gasteiger partial charge >= 0.3 is 0 Å². The number of aliphatic imine (C=N–C) groups is 1. The summed E-state index contributed by atoms with van der Waals surface area (Å²) >= 11 is 0. The van der Waals surface area contributed by atoms with Gasteiger partial charge in [-0.1, -0.05) is 6.07 Å². The van der Waals surface area contributed by atoms with Gasteiger partial charge in [0, 0.05) is 29.4 Å². The van der Waals surface area contributed by atoms with E-state index < -0.39 is 5.91 Å². The van der Waals surface area contributed by atoms with E-state index in [1.54, 1.807) is 29.9 Å². The van der Waals surface area contributed by atoms with E-state index in [0.29, 0.717) is 23.5 Å². The minimum absolute atomic E-state index is 0.355. The van der Waals surface area contributed by atoms with Crippen LogP contribution >= 0.6 is 0 Å². The van der Waals surface area contributed by atoms with Gasteiger partial charge in [-0.2, -0.15) is 0 Å². The van der Waals surface area contributed by atoms with Crippen LogP contribution in [0.15, 0.2) is 41.8 Å². The summed E-state index contributed by atoms with van der Waals surface area (Å²) < 4.78 is 0. The lowest BCUT2D eigenvalue weighted by molar-refractivity contribution is 0.0706. The maximum absolute atomic E-state index is 11.3. The van der Waals surface area contributed by atoms with Gasteiger partial charge in [0.05, 0.1) is 0 Å². The molecule has 1 aliphatic heterocycles. The van der Waals surface area contributed by atoms with Gasteiger partial charge in [0.25, 0.3) is 5.91 Å². The van der Waals surface area contributed by atoms with Crippen molar-refractivity contribution in [2.45, 2.75) is 6.42 Å². The number of benzene rings is 1. The Bertz CT molecular complexity index is 699. The molecule has 3 rings (SSSR count). The second kappa shape index (κ2) is 5.06. The molecule has 0 saturated carbocycles. The van der Waals surface area contributed by atoms with Crippen molar-refractivity contribution < 1.29 is 10.0 Å². The zero-order valence-electron chi connectivity index (χ0n) is 10.4. The lowest BCUT2D eigenvalue weighted by Gasteiger charge is -2.07. The van der Waals surface area contributed by atoms with Gasteiger partial charge in [0.1, 0.15) is 12.2 Å². The first-order chi connectivity index (χ1) is 9.76. The number of amides is 1. The second-order valence-electron chi connectivity index (χ2n) is 4.25. The molecule has 20 heavy (non-hydrogen) atoms. The molecule has 3 N–H and O–H groups in total. The van der Waals surface area contributed by atoms with E-state index in [1.807, 2.05) is 6.07 Å². The van der Waals surface area contributed by atoms with E-state index in [9.17, 15) is 4.79 Å². The maximum atomic E-state index is 11.3. The second-order valence-corrected chi connectivity index (χ2v) is 4.25. The van der Waals surface area contributed by atoms with Crippen LogP contribution in [0.5, 0.6) is 0 Å². The number of fused-ring (bicyclic) bond motifs is 1. The summed E-state index contributed by atoms with van der Waals surface area (Å²) in [6.07, 6.45) is 3.81. The Kier molecular flexibility index (Phi) is 3.10. The number of aromatic nitrogens is 2. The third-order valence-electron chi connectivity index (χ3n) is 2.88. The molecule has 0 unspecified atom stereocenters. The Labute approximate surface area is 114 Å². The third kappa shape index (κ3) is 2.34. The normalized spacial score (nSPS) is 12.6. The highest BCUT2D eigenvalue weighted by Crippen LogP contribution is 2.23. The molecule has 7 heteroatoms. The van der Waals surface area contributed by atoms with Gasteiger partial charge in [-0.05, 0) is 18.2 Å². The first-order valence-corrected chi connectivity index (χ1v) is 5.94. The van der Waals surface area contributed by atoms with Gasteiger partial charge in [-0.25, -0.2) is 20.4 Å². The smallest absolute Gasteiger partial charge is 0.274 e. The maximum Gasteiger partial charge on any atom is 0.274 e. The van der Waals surface area contributed by atoms with Gasteiger partial charge in [0.2, 0.25) is 0 Å². The SMILES string of the molecule is O=C(NO)c1cccc(NC2=Nc3ncncc3C2)c1. The van der Waals surface area contributed by atoms with Gasteiger partial charge in [-0.3, -0.25) is 10.0 Å². The number of hydroxylamine groups is 1. The monoisotopic (exact) mass is 269 g/mol. The van der Waals surface area contributed by atoms with Crippen LogP contribution in [-0.2, 0) is 6.42 Å². The van der Waals surface area contributed by atoms with Crippen LogP contribution in [0, 0.1) is 0 Å². The van der Waals surface area contributed by atoms with Crippen molar-refractivity contribution >= 4 is 23.2 Å². The molecule has 2 aromatic rings. The highest BCUT2D eigenvalue weighted by molar-refractivity contribution is 6.02. The van der Waals surface area contributed by atoms with Gasteiger partial charge in [-0.15, -0.1) is 0 Å². The molecule has 1 aliphatic rings. The van der Waals surface area contributed by atoms with E-state index in [2.05, 4.69) is 20.3 Å². The van der Waals surface area contributed by atoms with E-state index in [4.69, 9.17) is 5.21 Å². The molecule has 1 aromatic heterocycles. The van der Waals surface area contributed by atoms with Crippen LogP contribution in [-0.4, -0.2) is 26.9 Å². The Morgan fingerprint density at radius 3 is 3.05 bits per heavy atom. The number of hydrogen-bond donors (Lipinski definition) is 3. The molecule has 0 aliphatic carbocycles. The summed E-state index contributed by atoms with van der Waals surface area (Å²) in [4.78, 5) is 23.7. The number of carbonyl (C=O) groups is 1. The zero-order chi connectivity index (χ0) is 13.9. The first-order valence-electron chi connectivity index (χ1n) is 5.94. The summed E-state index contributed by atoms with van der Waals surface area (Å²) in [7, 11) is 0. The Balaban J connectivity index is 1.79. The molecule has 0 radical (unpaired) electrons. The lowest BCUT2D eigenvalue weighted by Crippen LogP contribution is -2.19. The van der Waals surface area contributed by atoms with Crippen LogP contribution < -0.4 is 10.8 Å². The fourth-order valence-electron chi connectivity index (χ4n) is 1.97. The molecule has 0 bridgehead atoms. The molecule has 1 aromatic carbocycles. The number of amidine groups is 1. The lowest BCUT2D eigenvalue weighted by atomic mass is 10.2. The average Bonchev–Trinajstić information content (AvgIpc) is 2.88. The Hall–Kier alpha value is -2.80. The van der Waals surface area contributed by atoms with Crippen LogP contribution in [0.3, 0.4) is 0 Å². The van der Waals surface area contributed by atoms with Crippen molar-refractivity contribution in [1.82, 2.24) is 15.4 Å². The van der Waals surface area contributed by atoms with Crippen LogP contribution in [0.1, 0.15) is 15.9 Å². The molecule has 0 spiro atoms. The molecular weight excluding hydrogens is 258 g/mol. The van der Waals surface area contributed by atoms with E-state index in [0.717, 1.165) is 11.4 Å². The van der Waals surface area contributed by atoms with Gasteiger partial charge < -0.3 is 5.32 Å². The van der Waals surface area contributed by atoms with Crippen LogP contribution in [0.25, 0.3) is 0 Å². The average molecular weight is 269 g/mol.